The minimum Gasteiger partial charge on any atom is -0.508 e. The van der Waals surface area contributed by atoms with Crippen molar-refractivity contribution < 1.29 is 20.1 Å². The number of benzene rings is 1. The molecule has 2 aliphatic rings. The average Bonchev–Trinajstić information content (AvgIpc) is 2.86. The van der Waals surface area contributed by atoms with Gasteiger partial charge in [0.05, 0.1) is 11.2 Å². The maximum absolute atomic E-state index is 10.9. The highest BCUT2D eigenvalue weighted by Crippen LogP contribution is 2.56. The predicted octanol–water partition coefficient (Wildman–Crippen LogP) is 3.98. The summed E-state index contributed by atoms with van der Waals surface area (Å²) in [4.78, 5) is 0. The van der Waals surface area contributed by atoms with Crippen LogP contribution in [0.2, 0.25) is 0 Å². The van der Waals surface area contributed by atoms with E-state index in [4.69, 9.17) is 4.74 Å². The molecule has 4 nitrogen and oxygen atoms in total. The summed E-state index contributed by atoms with van der Waals surface area (Å²) in [5.74, 6) is 0.901. The first kappa shape index (κ1) is 19.0. The molecule has 4 atom stereocenters. The van der Waals surface area contributed by atoms with Gasteiger partial charge >= 0.3 is 0 Å². The van der Waals surface area contributed by atoms with Crippen molar-refractivity contribution in [1.29, 1.82) is 0 Å². The molecule has 0 radical (unpaired) electrons. The largest absolute Gasteiger partial charge is 0.508 e. The number of phenols is 1. The highest BCUT2D eigenvalue weighted by atomic mass is 16.5. The first-order chi connectivity index (χ1) is 12.0. The second-order valence-electron chi connectivity index (χ2n) is 8.68. The molecule has 142 valence electrons. The van der Waals surface area contributed by atoms with Gasteiger partial charge < -0.3 is 20.1 Å². The molecule has 4 heteroatoms. The van der Waals surface area contributed by atoms with Gasteiger partial charge in [0.1, 0.15) is 17.6 Å². The van der Waals surface area contributed by atoms with E-state index in [0.29, 0.717) is 18.6 Å². The Hall–Kier alpha value is -1.78. The van der Waals surface area contributed by atoms with Crippen LogP contribution < -0.4 is 4.74 Å². The van der Waals surface area contributed by atoms with Crippen molar-refractivity contribution in [2.45, 2.75) is 70.2 Å². The second kappa shape index (κ2) is 6.43. The van der Waals surface area contributed by atoms with Gasteiger partial charge in [0.2, 0.25) is 0 Å². The van der Waals surface area contributed by atoms with Gasteiger partial charge in [-0.25, -0.2) is 0 Å². The number of ether oxygens (including phenoxy) is 1. The van der Waals surface area contributed by atoms with E-state index in [1.807, 2.05) is 26.0 Å². The van der Waals surface area contributed by atoms with Gasteiger partial charge in [-0.05, 0) is 70.6 Å². The minimum atomic E-state index is -0.941. The van der Waals surface area contributed by atoms with E-state index in [0.717, 1.165) is 23.1 Å². The van der Waals surface area contributed by atoms with Gasteiger partial charge in [-0.2, -0.15) is 0 Å². The molecule has 1 heterocycles. The number of allylic oxidation sites excluding steroid dienone is 2. The molecule has 1 aliphatic heterocycles. The lowest BCUT2D eigenvalue weighted by Crippen LogP contribution is -2.50. The molecule has 0 amide bonds. The average molecular weight is 358 g/mol. The van der Waals surface area contributed by atoms with E-state index in [9.17, 15) is 15.3 Å². The van der Waals surface area contributed by atoms with Crippen molar-refractivity contribution in [3.63, 3.8) is 0 Å². The standard InChI is InChI=1S/C22H30O4/c1-13-11-16(23)19-17(12-13)26-20-18(19)15(8-10-22(20,5)25)14(2)7-6-9-21(3,4)24/h6,9,11-12,15,18,20,23-25H,2,7-8,10H2,1,3-5H3/t15-,18+,20-,22-/m0/s1. The van der Waals surface area contributed by atoms with Crippen LogP contribution in [0.25, 0.3) is 0 Å². The third-order valence-electron chi connectivity index (χ3n) is 5.62. The topological polar surface area (TPSA) is 69.9 Å². The van der Waals surface area contributed by atoms with Crippen molar-refractivity contribution in [1.82, 2.24) is 0 Å². The molecule has 3 rings (SSSR count). The number of aliphatic hydroxyl groups is 2. The molecule has 1 aromatic rings. The minimum absolute atomic E-state index is 0.113. The number of aromatic hydroxyl groups is 1. The van der Waals surface area contributed by atoms with Crippen LogP contribution in [0.5, 0.6) is 11.5 Å². The molecule has 0 bridgehead atoms. The second-order valence-corrected chi connectivity index (χ2v) is 8.68. The van der Waals surface area contributed by atoms with E-state index < -0.39 is 11.2 Å². The Morgan fingerprint density at radius 1 is 1.42 bits per heavy atom. The Bertz CT molecular complexity index is 739. The summed E-state index contributed by atoms with van der Waals surface area (Å²) in [6.07, 6.45) is 5.39. The summed E-state index contributed by atoms with van der Waals surface area (Å²) in [5.41, 5.74) is 0.968. The molecular formula is C22H30O4. The van der Waals surface area contributed by atoms with E-state index in [2.05, 4.69) is 6.58 Å². The number of hydrogen-bond acceptors (Lipinski definition) is 4. The van der Waals surface area contributed by atoms with Gasteiger partial charge in [-0.1, -0.05) is 24.3 Å². The lowest BCUT2D eigenvalue weighted by atomic mass is 9.65. The van der Waals surface area contributed by atoms with Gasteiger partial charge in [0, 0.05) is 11.5 Å². The Morgan fingerprint density at radius 3 is 2.77 bits per heavy atom. The van der Waals surface area contributed by atoms with Crippen molar-refractivity contribution in [3.8, 4) is 11.5 Å². The SMILES string of the molecule is C=C(CC=CC(C)(C)O)[C@@H]1CC[C@](C)(O)[C@H]2Oc3cc(C)cc(O)c3[C@@H]12. The van der Waals surface area contributed by atoms with E-state index in [1.54, 1.807) is 26.0 Å². The lowest BCUT2D eigenvalue weighted by Gasteiger charge is -2.43. The fourth-order valence-corrected chi connectivity index (χ4v) is 4.34. The molecule has 1 aliphatic carbocycles. The van der Waals surface area contributed by atoms with Crippen molar-refractivity contribution >= 4 is 0 Å². The number of rotatable bonds is 4. The fourth-order valence-electron chi connectivity index (χ4n) is 4.34. The van der Waals surface area contributed by atoms with Gasteiger partial charge in [-0.3, -0.25) is 0 Å². The van der Waals surface area contributed by atoms with Crippen LogP contribution in [0.3, 0.4) is 0 Å². The molecule has 1 aromatic carbocycles. The first-order valence-corrected chi connectivity index (χ1v) is 9.30. The maximum atomic E-state index is 10.9. The van der Waals surface area contributed by atoms with E-state index >= 15 is 0 Å². The zero-order valence-corrected chi connectivity index (χ0v) is 16.1. The van der Waals surface area contributed by atoms with Gasteiger partial charge in [-0.15, -0.1) is 0 Å². The Morgan fingerprint density at radius 2 is 2.12 bits per heavy atom. The monoisotopic (exact) mass is 358 g/mol. The quantitative estimate of drug-likeness (QED) is 0.712. The van der Waals surface area contributed by atoms with Crippen LogP contribution in [0, 0.1) is 12.8 Å². The van der Waals surface area contributed by atoms with Crippen LogP contribution in [-0.4, -0.2) is 32.6 Å². The lowest BCUT2D eigenvalue weighted by molar-refractivity contribution is -0.0826. The molecule has 0 spiro atoms. The highest BCUT2D eigenvalue weighted by molar-refractivity contribution is 5.54. The van der Waals surface area contributed by atoms with Crippen LogP contribution >= 0.6 is 0 Å². The van der Waals surface area contributed by atoms with Crippen molar-refractivity contribution in [2.75, 3.05) is 0 Å². The van der Waals surface area contributed by atoms with Crippen LogP contribution in [0.1, 0.15) is 57.1 Å². The normalized spacial score (nSPS) is 30.8. The number of aryl methyl sites for hydroxylation is 1. The molecule has 0 aromatic heterocycles. The summed E-state index contributed by atoms with van der Waals surface area (Å²) in [6.45, 7) is 11.5. The van der Waals surface area contributed by atoms with E-state index in [1.165, 1.54) is 0 Å². The molecule has 0 unspecified atom stereocenters. The summed E-state index contributed by atoms with van der Waals surface area (Å²) in [6, 6.07) is 3.68. The Labute approximate surface area is 155 Å². The number of hydrogen-bond donors (Lipinski definition) is 3. The number of fused-ring (bicyclic) bond motifs is 3. The zero-order chi connectivity index (χ0) is 19.3. The molecular weight excluding hydrogens is 328 g/mol. The molecule has 26 heavy (non-hydrogen) atoms. The summed E-state index contributed by atoms with van der Waals surface area (Å²) >= 11 is 0. The van der Waals surface area contributed by atoms with Gasteiger partial charge in [0.15, 0.2) is 0 Å². The van der Waals surface area contributed by atoms with Crippen LogP contribution in [-0.2, 0) is 0 Å². The molecule has 1 fully saturated rings. The summed E-state index contributed by atoms with van der Waals surface area (Å²) < 4.78 is 6.12. The fraction of sp³-hybridized carbons (Fsp3) is 0.545. The van der Waals surface area contributed by atoms with Gasteiger partial charge in [0.25, 0.3) is 0 Å². The summed E-state index contributed by atoms with van der Waals surface area (Å²) in [7, 11) is 0. The highest BCUT2D eigenvalue weighted by Gasteiger charge is 2.53. The third kappa shape index (κ3) is 3.53. The van der Waals surface area contributed by atoms with Crippen LogP contribution in [0.4, 0.5) is 0 Å². The van der Waals surface area contributed by atoms with Crippen molar-refractivity contribution in [3.05, 3.63) is 47.6 Å². The third-order valence-corrected chi connectivity index (χ3v) is 5.62. The zero-order valence-electron chi connectivity index (χ0n) is 16.1. The van der Waals surface area contributed by atoms with Crippen molar-refractivity contribution in [2.24, 2.45) is 5.92 Å². The smallest absolute Gasteiger partial charge is 0.135 e. The summed E-state index contributed by atoms with van der Waals surface area (Å²) in [5, 5.41) is 31.3. The maximum Gasteiger partial charge on any atom is 0.135 e. The number of phenolic OH excluding ortho intramolecular Hbond substituents is 1. The Balaban J connectivity index is 1.92. The first-order valence-electron chi connectivity index (χ1n) is 9.30. The molecule has 0 saturated heterocycles. The molecule has 3 N–H and O–H groups in total. The predicted molar refractivity (Wildman–Crippen MR) is 103 cm³/mol. The van der Waals surface area contributed by atoms with E-state index in [-0.39, 0.29) is 23.7 Å². The van der Waals surface area contributed by atoms with Crippen LogP contribution in [0.15, 0.2) is 36.4 Å². The molecule has 1 saturated carbocycles. The Kier molecular flexibility index (Phi) is 4.70.